The fourth-order valence-corrected chi connectivity index (χ4v) is 1.74. The van der Waals surface area contributed by atoms with Crippen LogP contribution >= 0.6 is 0 Å². The van der Waals surface area contributed by atoms with E-state index in [1.54, 1.807) is 6.07 Å². The number of carboxylic acid groups (broad SMARTS) is 1. The Morgan fingerprint density at radius 2 is 1.94 bits per heavy atom. The summed E-state index contributed by atoms with van der Waals surface area (Å²) < 4.78 is 0. The summed E-state index contributed by atoms with van der Waals surface area (Å²) in [6.07, 6.45) is 4.08. The van der Waals surface area contributed by atoms with E-state index >= 15 is 0 Å². The topological polar surface area (TPSA) is 60.4 Å². The number of rotatable bonds is 6. The van der Waals surface area contributed by atoms with Crippen LogP contribution in [0.25, 0.3) is 0 Å². The van der Waals surface area contributed by atoms with Gasteiger partial charge in [-0.3, -0.25) is 0 Å². The second kappa shape index (κ2) is 6.16. The molecule has 0 radical (unpaired) electrons. The normalized spacial score (nSPS) is 10.3. The van der Waals surface area contributed by atoms with Gasteiger partial charge in [0.15, 0.2) is 0 Å². The van der Waals surface area contributed by atoms with Crippen LogP contribution in [0.2, 0.25) is 0 Å². The highest BCUT2D eigenvalue weighted by Crippen LogP contribution is 2.18. The monoisotopic (exact) mass is 221 g/mol. The number of carbonyl (C=O) groups excluding carboxylic acids is 1. The van der Waals surface area contributed by atoms with E-state index in [9.17, 15) is 15.0 Å². The van der Waals surface area contributed by atoms with Crippen molar-refractivity contribution in [2.75, 3.05) is 0 Å². The summed E-state index contributed by atoms with van der Waals surface area (Å²) in [5.41, 5.74) is 1.59. The van der Waals surface area contributed by atoms with Gasteiger partial charge in [0.1, 0.15) is 5.75 Å². The van der Waals surface area contributed by atoms with Gasteiger partial charge in [-0.1, -0.05) is 25.8 Å². The first-order valence-corrected chi connectivity index (χ1v) is 5.63. The van der Waals surface area contributed by atoms with Gasteiger partial charge in [-0.15, -0.1) is 0 Å². The van der Waals surface area contributed by atoms with E-state index in [-0.39, 0.29) is 12.2 Å². The lowest BCUT2D eigenvalue weighted by molar-refractivity contribution is -0.304. The maximum atomic E-state index is 10.5. The summed E-state index contributed by atoms with van der Waals surface area (Å²) in [6.45, 7) is 2.13. The van der Waals surface area contributed by atoms with Crippen molar-refractivity contribution < 1.29 is 15.0 Å². The summed E-state index contributed by atoms with van der Waals surface area (Å²) in [7, 11) is 0. The SMILES string of the molecule is CCCCCc1cc(O)cc(CC(=O)[O-])c1. The summed E-state index contributed by atoms with van der Waals surface area (Å²) in [5.74, 6) is -0.990. The summed E-state index contributed by atoms with van der Waals surface area (Å²) in [6, 6.07) is 4.98. The Balaban J connectivity index is 2.69. The van der Waals surface area contributed by atoms with Gasteiger partial charge in [0.2, 0.25) is 0 Å². The van der Waals surface area contributed by atoms with Crippen molar-refractivity contribution in [3.63, 3.8) is 0 Å². The molecule has 16 heavy (non-hydrogen) atoms. The molecule has 0 spiro atoms. The van der Waals surface area contributed by atoms with E-state index in [4.69, 9.17) is 0 Å². The van der Waals surface area contributed by atoms with Gasteiger partial charge >= 0.3 is 0 Å². The number of aromatic hydroxyl groups is 1. The van der Waals surface area contributed by atoms with Gasteiger partial charge in [0.05, 0.1) is 0 Å². The maximum Gasteiger partial charge on any atom is 0.116 e. The molecule has 1 aromatic carbocycles. The van der Waals surface area contributed by atoms with Gasteiger partial charge in [-0.25, -0.2) is 0 Å². The highest BCUT2D eigenvalue weighted by atomic mass is 16.4. The molecule has 0 heterocycles. The highest BCUT2D eigenvalue weighted by Gasteiger charge is 2.01. The van der Waals surface area contributed by atoms with Crippen LogP contribution in [0.4, 0.5) is 0 Å². The zero-order chi connectivity index (χ0) is 12.0. The van der Waals surface area contributed by atoms with Crippen LogP contribution in [0.5, 0.6) is 5.75 Å². The number of hydrogen-bond acceptors (Lipinski definition) is 3. The summed E-state index contributed by atoms with van der Waals surface area (Å²) in [4.78, 5) is 10.5. The largest absolute Gasteiger partial charge is 0.550 e. The number of aryl methyl sites for hydroxylation is 1. The molecule has 3 heteroatoms. The first-order valence-electron chi connectivity index (χ1n) is 5.63. The van der Waals surface area contributed by atoms with E-state index < -0.39 is 5.97 Å². The van der Waals surface area contributed by atoms with Crippen molar-refractivity contribution in [3.05, 3.63) is 29.3 Å². The number of unbranched alkanes of at least 4 members (excludes halogenated alkanes) is 2. The molecular weight excluding hydrogens is 204 g/mol. The molecule has 0 aliphatic heterocycles. The Labute approximate surface area is 95.7 Å². The highest BCUT2D eigenvalue weighted by molar-refractivity contribution is 5.68. The standard InChI is InChI=1S/C13H18O3/c1-2-3-4-5-10-6-11(9-13(15)16)8-12(14)7-10/h6-8,14H,2-5,9H2,1H3,(H,15,16)/p-1. The molecule has 0 bridgehead atoms. The van der Waals surface area contributed by atoms with Gasteiger partial charge in [-0.05, 0) is 36.1 Å². The van der Waals surface area contributed by atoms with E-state index in [1.807, 2.05) is 6.07 Å². The third-order valence-corrected chi connectivity index (χ3v) is 2.45. The Kier molecular flexibility index (Phi) is 4.83. The molecule has 1 N–H and O–H groups in total. The van der Waals surface area contributed by atoms with Crippen LogP contribution in [0.3, 0.4) is 0 Å². The molecule has 0 amide bonds. The second-order valence-electron chi connectivity index (χ2n) is 4.01. The molecule has 1 rings (SSSR count). The minimum absolute atomic E-state index is 0.130. The summed E-state index contributed by atoms with van der Waals surface area (Å²) in [5, 5.41) is 19.9. The zero-order valence-corrected chi connectivity index (χ0v) is 9.53. The number of aliphatic carboxylic acids is 1. The maximum absolute atomic E-state index is 10.5. The van der Waals surface area contributed by atoms with E-state index in [2.05, 4.69) is 6.92 Å². The summed E-state index contributed by atoms with van der Waals surface area (Å²) >= 11 is 0. The van der Waals surface area contributed by atoms with Crippen LogP contribution in [0, 0.1) is 0 Å². The molecule has 0 unspecified atom stereocenters. The number of carboxylic acids is 1. The molecule has 0 saturated heterocycles. The Bertz CT molecular complexity index is 358. The molecule has 1 aromatic rings. The molecule has 0 atom stereocenters. The number of benzene rings is 1. The predicted octanol–water partition coefficient (Wildman–Crippen LogP) is 1.42. The molecule has 0 saturated carbocycles. The number of hydrogen-bond donors (Lipinski definition) is 1. The molecule has 0 aliphatic carbocycles. The molecule has 0 fully saturated rings. The van der Waals surface area contributed by atoms with Crippen LogP contribution in [0.15, 0.2) is 18.2 Å². The average Bonchev–Trinajstić information content (AvgIpc) is 2.16. The van der Waals surface area contributed by atoms with E-state index in [0.29, 0.717) is 5.56 Å². The average molecular weight is 221 g/mol. The zero-order valence-electron chi connectivity index (χ0n) is 9.53. The molecule has 88 valence electrons. The lowest BCUT2D eigenvalue weighted by Crippen LogP contribution is -2.24. The van der Waals surface area contributed by atoms with Crippen molar-refractivity contribution in [2.45, 2.75) is 39.0 Å². The lowest BCUT2D eigenvalue weighted by atomic mass is 10.0. The number of phenols is 1. The second-order valence-corrected chi connectivity index (χ2v) is 4.01. The Hall–Kier alpha value is -1.51. The Morgan fingerprint density at radius 3 is 2.56 bits per heavy atom. The van der Waals surface area contributed by atoms with Crippen molar-refractivity contribution in [2.24, 2.45) is 0 Å². The van der Waals surface area contributed by atoms with Crippen LogP contribution in [-0.4, -0.2) is 11.1 Å². The van der Waals surface area contributed by atoms with Crippen molar-refractivity contribution in [3.8, 4) is 5.75 Å². The lowest BCUT2D eigenvalue weighted by Gasteiger charge is -2.07. The van der Waals surface area contributed by atoms with Crippen LogP contribution in [0.1, 0.15) is 37.3 Å². The van der Waals surface area contributed by atoms with E-state index in [0.717, 1.165) is 31.2 Å². The third-order valence-electron chi connectivity index (χ3n) is 2.45. The van der Waals surface area contributed by atoms with Gasteiger partial charge in [0, 0.05) is 12.4 Å². The first kappa shape index (κ1) is 12.6. The van der Waals surface area contributed by atoms with Crippen molar-refractivity contribution in [1.82, 2.24) is 0 Å². The van der Waals surface area contributed by atoms with Crippen molar-refractivity contribution in [1.29, 1.82) is 0 Å². The van der Waals surface area contributed by atoms with E-state index in [1.165, 1.54) is 6.07 Å². The third kappa shape index (κ3) is 4.34. The molecule has 3 nitrogen and oxygen atoms in total. The molecule has 0 aliphatic rings. The van der Waals surface area contributed by atoms with Gasteiger partial charge in [-0.2, -0.15) is 0 Å². The van der Waals surface area contributed by atoms with Crippen LogP contribution in [-0.2, 0) is 17.6 Å². The quantitative estimate of drug-likeness (QED) is 0.739. The minimum atomic E-state index is -1.12. The predicted molar refractivity (Wildman–Crippen MR) is 60.0 cm³/mol. The fraction of sp³-hybridized carbons (Fsp3) is 0.462. The number of phenolic OH excluding ortho intramolecular Hbond substituents is 1. The minimum Gasteiger partial charge on any atom is -0.550 e. The van der Waals surface area contributed by atoms with Crippen molar-refractivity contribution >= 4 is 5.97 Å². The van der Waals surface area contributed by atoms with Crippen LogP contribution < -0.4 is 5.11 Å². The molecular formula is C13H17O3-. The van der Waals surface area contributed by atoms with Gasteiger partial charge in [0.25, 0.3) is 0 Å². The Morgan fingerprint density at radius 1 is 1.25 bits per heavy atom. The smallest absolute Gasteiger partial charge is 0.116 e. The number of carbonyl (C=O) groups is 1. The first-order chi connectivity index (χ1) is 7.61. The molecule has 0 aromatic heterocycles. The van der Waals surface area contributed by atoms with Gasteiger partial charge < -0.3 is 15.0 Å². The fourth-order valence-electron chi connectivity index (χ4n) is 1.74.